The van der Waals surface area contributed by atoms with Crippen LogP contribution >= 0.6 is 11.6 Å². The summed E-state index contributed by atoms with van der Waals surface area (Å²) < 4.78 is 32.6. The number of carbonyl (C=O) groups excluding carboxylic acids is 2. The van der Waals surface area contributed by atoms with Crippen molar-refractivity contribution in [2.24, 2.45) is 16.7 Å². The molecule has 1 fully saturated rings. The predicted molar refractivity (Wildman–Crippen MR) is 103 cm³/mol. The molecule has 0 spiro atoms. The molecule has 27 heavy (non-hydrogen) atoms. The fourth-order valence-electron chi connectivity index (χ4n) is 3.36. The molecule has 2 atom stereocenters. The molecule has 1 aliphatic carbocycles. The maximum atomic E-state index is 12.9. The van der Waals surface area contributed by atoms with E-state index < -0.39 is 32.7 Å². The van der Waals surface area contributed by atoms with Gasteiger partial charge in [0.25, 0.3) is 10.0 Å². The van der Waals surface area contributed by atoms with Gasteiger partial charge >= 0.3 is 5.97 Å². The van der Waals surface area contributed by atoms with E-state index in [-0.39, 0.29) is 28.0 Å². The van der Waals surface area contributed by atoms with Crippen LogP contribution in [0.5, 0.6) is 0 Å². The number of hydrogen-bond acceptors (Lipinski definition) is 5. The summed E-state index contributed by atoms with van der Waals surface area (Å²) in [4.78, 5) is 24.4. The van der Waals surface area contributed by atoms with E-state index in [2.05, 4.69) is 11.3 Å². The first-order valence-electron chi connectivity index (χ1n) is 8.57. The highest BCUT2D eigenvalue weighted by Gasteiger charge is 2.65. The highest BCUT2D eigenvalue weighted by atomic mass is 35.5. The summed E-state index contributed by atoms with van der Waals surface area (Å²) in [5.74, 6) is -1.37. The lowest BCUT2D eigenvalue weighted by atomic mass is 9.75. The van der Waals surface area contributed by atoms with E-state index in [9.17, 15) is 18.0 Å². The smallest absolute Gasteiger partial charge is 0.338 e. The normalized spacial score (nSPS) is 22.0. The second kappa shape index (κ2) is 7.28. The van der Waals surface area contributed by atoms with Gasteiger partial charge in [-0.1, -0.05) is 38.4 Å². The second-order valence-corrected chi connectivity index (χ2v) is 9.63. The molecular weight excluding hydrogens is 390 g/mol. The number of allylic oxidation sites excluding steroid dienone is 1. The van der Waals surface area contributed by atoms with Crippen LogP contribution in [0.25, 0.3) is 0 Å². The average Bonchev–Trinajstić information content (AvgIpc) is 3.31. The highest BCUT2D eigenvalue weighted by Crippen LogP contribution is 2.64. The van der Waals surface area contributed by atoms with Crippen molar-refractivity contribution >= 4 is 33.5 Å². The molecule has 0 unspecified atom stereocenters. The van der Waals surface area contributed by atoms with Crippen LogP contribution in [0.1, 0.15) is 44.5 Å². The third-order valence-corrected chi connectivity index (χ3v) is 6.81. The fraction of sp³-hybridized carbons (Fsp3) is 0.474. The number of esters is 1. The molecule has 148 valence electrons. The number of sulfonamides is 1. The third-order valence-electron chi connectivity index (χ3n) is 5.00. The molecule has 1 aromatic carbocycles. The van der Waals surface area contributed by atoms with Gasteiger partial charge in [-0.05, 0) is 42.9 Å². The number of rotatable bonds is 6. The Morgan fingerprint density at radius 1 is 1.41 bits per heavy atom. The Kier molecular flexibility index (Phi) is 5.78. The van der Waals surface area contributed by atoms with E-state index in [1.54, 1.807) is 13.0 Å². The lowest BCUT2D eigenvalue weighted by Gasteiger charge is -2.30. The lowest BCUT2D eigenvalue weighted by Crippen LogP contribution is -2.43. The largest absolute Gasteiger partial charge is 0.462 e. The van der Waals surface area contributed by atoms with Gasteiger partial charge in [0.05, 0.1) is 22.6 Å². The van der Waals surface area contributed by atoms with Crippen molar-refractivity contribution in [3.8, 4) is 0 Å². The lowest BCUT2D eigenvalue weighted by molar-refractivity contribution is -0.128. The Bertz CT molecular complexity index is 888. The van der Waals surface area contributed by atoms with Crippen molar-refractivity contribution in [3.63, 3.8) is 0 Å². The number of ether oxygens (including phenoxy) is 1. The maximum absolute atomic E-state index is 12.9. The van der Waals surface area contributed by atoms with E-state index in [0.717, 1.165) is 6.07 Å². The molecule has 1 amide bonds. The molecule has 0 heterocycles. The van der Waals surface area contributed by atoms with Crippen molar-refractivity contribution in [1.82, 2.24) is 4.72 Å². The van der Waals surface area contributed by atoms with Crippen molar-refractivity contribution < 1.29 is 22.7 Å². The summed E-state index contributed by atoms with van der Waals surface area (Å²) in [5.41, 5.74) is -1.27. The Hall–Kier alpha value is -1.86. The van der Waals surface area contributed by atoms with E-state index in [0.29, 0.717) is 6.42 Å². The monoisotopic (exact) mass is 413 g/mol. The first-order valence-corrected chi connectivity index (χ1v) is 10.4. The number of nitrogens with one attached hydrogen (secondary N) is 1. The van der Waals surface area contributed by atoms with E-state index >= 15 is 0 Å². The van der Waals surface area contributed by atoms with Crippen LogP contribution < -0.4 is 4.72 Å². The molecule has 1 aliphatic rings. The van der Waals surface area contributed by atoms with E-state index in [1.165, 1.54) is 12.1 Å². The van der Waals surface area contributed by atoms with Crippen molar-refractivity contribution in [3.05, 3.63) is 41.4 Å². The highest BCUT2D eigenvalue weighted by molar-refractivity contribution is 7.90. The van der Waals surface area contributed by atoms with Gasteiger partial charge in [-0.15, -0.1) is 6.58 Å². The molecule has 2 rings (SSSR count). The van der Waals surface area contributed by atoms with Gasteiger partial charge in [-0.25, -0.2) is 17.9 Å². The zero-order chi connectivity index (χ0) is 20.6. The van der Waals surface area contributed by atoms with Crippen LogP contribution in [-0.2, 0) is 19.6 Å². The SMILES string of the molecule is C=C[C@@H]1C[C@@]1(C(=O)NS(=O)(=O)c1cc(C(=O)OCC)ccc1Cl)C(C)(C)C. The molecule has 0 saturated heterocycles. The quantitative estimate of drug-likeness (QED) is 0.568. The molecule has 8 heteroatoms. The van der Waals surface area contributed by atoms with Crippen LogP contribution in [-0.4, -0.2) is 26.9 Å². The van der Waals surface area contributed by atoms with Gasteiger partial charge < -0.3 is 4.74 Å². The van der Waals surface area contributed by atoms with E-state index in [4.69, 9.17) is 16.3 Å². The number of hydrogen-bond donors (Lipinski definition) is 1. The zero-order valence-electron chi connectivity index (χ0n) is 15.8. The molecule has 0 aliphatic heterocycles. The van der Waals surface area contributed by atoms with Gasteiger partial charge in [-0.2, -0.15) is 0 Å². The number of amides is 1. The molecule has 0 radical (unpaired) electrons. The molecule has 0 aromatic heterocycles. The topological polar surface area (TPSA) is 89.5 Å². The van der Waals surface area contributed by atoms with Gasteiger partial charge in [0.2, 0.25) is 5.91 Å². The van der Waals surface area contributed by atoms with Crippen LogP contribution in [0.2, 0.25) is 5.02 Å². The summed E-state index contributed by atoms with van der Waals surface area (Å²) in [7, 11) is -4.27. The van der Waals surface area contributed by atoms with Crippen molar-refractivity contribution in [2.45, 2.75) is 39.0 Å². The third kappa shape index (κ3) is 3.89. The van der Waals surface area contributed by atoms with Crippen molar-refractivity contribution in [1.29, 1.82) is 0 Å². The summed E-state index contributed by atoms with van der Waals surface area (Å²) in [6, 6.07) is 3.76. The second-order valence-electron chi connectivity index (χ2n) is 7.57. The Morgan fingerprint density at radius 2 is 2.04 bits per heavy atom. The summed E-state index contributed by atoms with van der Waals surface area (Å²) in [5, 5.41) is -0.0933. The zero-order valence-corrected chi connectivity index (χ0v) is 17.4. The van der Waals surface area contributed by atoms with Crippen LogP contribution in [0.4, 0.5) is 0 Å². The minimum Gasteiger partial charge on any atom is -0.462 e. The average molecular weight is 414 g/mol. The first-order chi connectivity index (χ1) is 12.4. The minimum atomic E-state index is -4.27. The first kappa shape index (κ1) is 21.4. The molecule has 1 N–H and O–H groups in total. The molecule has 1 aromatic rings. The summed E-state index contributed by atoms with van der Waals surface area (Å²) >= 11 is 6.02. The maximum Gasteiger partial charge on any atom is 0.338 e. The van der Waals surface area contributed by atoms with Gasteiger partial charge in [-0.3, -0.25) is 4.79 Å². The standard InChI is InChI=1S/C19H24ClNO5S/c1-6-13-11-19(13,18(3,4)5)17(23)21-27(24,25)15-10-12(8-9-14(15)20)16(22)26-7-2/h6,8-10,13H,1,7,11H2,2-5H3,(H,21,23)/t13-,19-/m1/s1. The van der Waals surface area contributed by atoms with Crippen LogP contribution in [0.15, 0.2) is 35.7 Å². The predicted octanol–water partition coefficient (Wildman–Crippen LogP) is 3.56. The number of halogens is 1. The van der Waals surface area contributed by atoms with Gasteiger partial charge in [0, 0.05) is 0 Å². The van der Waals surface area contributed by atoms with Crippen LogP contribution in [0.3, 0.4) is 0 Å². The fourth-order valence-corrected chi connectivity index (χ4v) is 4.92. The van der Waals surface area contributed by atoms with E-state index in [1.807, 2.05) is 20.8 Å². The Balaban J connectivity index is 2.37. The van der Waals surface area contributed by atoms with Gasteiger partial charge in [0.1, 0.15) is 4.90 Å². The van der Waals surface area contributed by atoms with Crippen molar-refractivity contribution in [2.75, 3.05) is 6.61 Å². The molecule has 0 bridgehead atoms. The Labute approximate surface area is 165 Å². The van der Waals surface area contributed by atoms with Gasteiger partial charge in [0.15, 0.2) is 0 Å². The number of benzene rings is 1. The molecular formula is C19H24ClNO5S. The Morgan fingerprint density at radius 3 is 2.52 bits per heavy atom. The summed E-state index contributed by atoms with van der Waals surface area (Å²) in [6.07, 6.45) is 2.20. The minimum absolute atomic E-state index is 0.0370. The van der Waals surface area contributed by atoms with Crippen LogP contribution in [0, 0.1) is 16.7 Å². The molecule has 1 saturated carbocycles. The number of carbonyl (C=O) groups is 2. The summed E-state index contributed by atoms with van der Waals surface area (Å²) in [6.45, 7) is 11.2. The molecule has 6 nitrogen and oxygen atoms in total.